The van der Waals surface area contributed by atoms with Crippen molar-refractivity contribution in [1.82, 2.24) is 0 Å². The SMILES string of the molecule is O=C(O)CCCCCCC1C(O)C/C(=N\O)C1CCC(O)CCCc1cccc(Br)c1. The van der Waals surface area contributed by atoms with E-state index in [1.54, 1.807) is 0 Å². The van der Waals surface area contributed by atoms with Gasteiger partial charge >= 0.3 is 5.97 Å². The molecular weight excluding hydrogens is 462 g/mol. The molecular formula is C24H36BrNO5. The lowest BCUT2D eigenvalue weighted by Crippen LogP contribution is -2.22. The number of hydrogen-bond donors (Lipinski definition) is 4. The summed E-state index contributed by atoms with van der Waals surface area (Å²) in [6, 6.07) is 8.21. The van der Waals surface area contributed by atoms with E-state index in [1.165, 1.54) is 5.56 Å². The highest BCUT2D eigenvalue weighted by Crippen LogP contribution is 2.37. The Morgan fingerprint density at radius 2 is 1.90 bits per heavy atom. The maximum Gasteiger partial charge on any atom is 0.303 e. The van der Waals surface area contributed by atoms with Crippen molar-refractivity contribution in [1.29, 1.82) is 0 Å². The van der Waals surface area contributed by atoms with Gasteiger partial charge in [0.25, 0.3) is 0 Å². The van der Waals surface area contributed by atoms with Crippen LogP contribution in [0.25, 0.3) is 0 Å². The van der Waals surface area contributed by atoms with Crippen LogP contribution in [-0.2, 0) is 11.2 Å². The number of aliphatic hydroxyl groups is 2. The van der Waals surface area contributed by atoms with Gasteiger partial charge in [-0.25, -0.2) is 0 Å². The number of aliphatic carboxylic acids is 1. The summed E-state index contributed by atoms with van der Waals surface area (Å²) in [6.45, 7) is 0. The van der Waals surface area contributed by atoms with Crippen molar-refractivity contribution < 1.29 is 25.3 Å². The summed E-state index contributed by atoms with van der Waals surface area (Å²) >= 11 is 3.48. The number of nitrogens with zero attached hydrogens (tertiary/aromatic N) is 1. The van der Waals surface area contributed by atoms with Crippen LogP contribution in [0.2, 0.25) is 0 Å². The summed E-state index contributed by atoms with van der Waals surface area (Å²) in [6.07, 6.45) is 7.82. The number of aryl methyl sites for hydroxylation is 1. The van der Waals surface area contributed by atoms with Crippen LogP contribution in [0.1, 0.15) is 76.2 Å². The number of halogens is 1. The maximum absolute atomic E-state index is 10.6. The molecule has 1 aromatic rings. The van der Waals surface area contributed by atoms with E-state index in [1.807, 2.05) is 12.1 Å². The molecule has 1 saturated carbocycles. The molecule has 4 atom stereocenters. The van der Waals surface area contributed by atoms with Crippen LogP contribution in [0.3, 0.4) is 0 Å². The first-order valence-electron chi connectivity index (χ1n) is 11.4. The third kappa shape index (κ3) is 9.29. The van der Waals surface area contributed by atoms with Crippen molar-refractivity contribution in [3.8, 4) is 0 Å². The number of carboxylic acids is 1. The number of carbonyl (C=O) groups is 1. The monoisotopic (exact) mass is 497 g/mol. The Morgan fingerprint density at radius 3 is 2.61 bits per heavy atom. The zero-order chi connectivity index (χ0) is 22.6. The van der Waals surface area contributed by atoms with Gasteiger partial charge in [0, 0.05) is 23.2 Å². The summed E-state index contributed by atoms with van der Waals surface area (Å²) < 4.78 is 1.06. The Morgan fingerprint density at radius 1 is 1.13 bits per heavy atom. The molecule has 2 rings (SSSR count). The van der Waals surface area contributed by atoms with Crippen LogP contribution in [0, 0.1) is 11.8 Å². The van der Waals surface area contributed by atoms with Crippen molar-refractivity contribution in [3.05, 3.63) is 34.3 Å². The number of aliphatic hydroxyl groups excluding tert-OH is 2. The molecule has 31 heavy (non-hydrogen) atoms. The topological polar surface area (TPSA) is 110 Å². The lowest BCUT2D eigenvalue weighted by molar-refractivity contribution is -0.137. The molecule has 0 spiro atoms. The molecule has 4 unspecified atom stereocenters. The number of hydrogen-bond acceptors (Lipinski definition) is 5. The Balaban J connectivity index is 1.73. The molecule has 0 aliphatic heterocycles. The normalized spacial score (nSPS) is 23.3. The number of unbranched alkanes of at least 4 members (excludes halogenated alkanes) is 3. The van der Waals surface area contributed by atoms with E-state index in [-0.39, 0.29) is 18.3 Å². The van der Waals surface area contributed by atoms with Crippen molar-refractivity contribution in [3.63, 3.8) is 0 Å². The fraction of sp³-hybridized carbons (Fsp3) is 0.667. The average Bonchev–Trinajstić information content (AvgIpc) is 3.03. The molecule has 0 heterocycles. The van der Waals surface area contributed by atoms with Crippen molar-refractivity contribution >= 4 is 27.6 Å². The van der Waals surface area contributed by atoms with Crippen LogP contribution in [0.5, 0.6) is 0 Å². The van der Waals surface area contributed by atoms with Crippen molar-refractivity contribution in [2.24, 2.45) is 17.0 Å². The van der Waals surface area contributed by atoms with Gasteiger partial charge in [0.2, 0.25) is 0 Å². The van der Waals surface area contributed by atoms with Crippen LogP contribution < -0.4 is 0 Å². The van der Waals surface area contributed by atoms with Gasteiger partial charge in [-0.1, -0.05) is 52.5 Å². The van der Waals surface area contributed by atoms with Gasteiger partial charge in [0.15, 0.2) is 0 Å². The highest BCUT2D eigenvalue weighted by molar-refractivity contribution is 9.10. The smallest absolute Gasteiger partial charge is 0.303 e. The summed E-state index contributed by atoms with van der Waals surface area (Å²) in [5.41, 5.74) is 1.89. The zero-order valence-corrected chi connectivity index (χ0v) is 19.7. The molecule has 1 aliphatic rings. The van der Waals surface area contributed by atoms with E-state index in [0.717, 1.165) is 49.4 Å². The fourth-order valence-corrected chi connectivity index (χ4v) is 5.13. The Hall–Kier alpha value is -1.44. The molecule has 1 aliphatic carbocycles. The Labute approximate surface area is 193 Å². The highest BCUT2D eigenvalue weighted by Gasteiger charge is 2.39. The summed E-state index contributed by atoms with van der Waals surface area (Å²) in [5.74, 6) is -0.719. The van der Waals surface area contributed by atoms with Gasteiger partial charge in [0.1, 0.15) is 0 Å². The van der Waals surface area contributed by atoms with Crippen molar-refractivity contribution in [2.45, 2.75) is 89.3 Å². The minimum absolute atomic E-state index is 0.00116. The molecule has 0 amide bonds. The standard InChI is InChI=1S/C24H36BrNO5/c25-18-9-5-7-17(15-18)8-6-10-19(27)13-14-20-21(23(28)16-22(20)26-31)11-3-1-2-4-12-24(29)30/h5,7,9,15,19-21,23,27-28,31H,1-4,6,8,10-14,16H2,(H,29,30)/b26-22+. The van der Waals surface area contributed by atoms with Gasteiger partial charge < -0.3 is 20.5 Å². The van der Waals surface area contributed by atoms with Crippen LogP contribution in [0.15, 0.2) is 33.9 Å². The van der Waals surface area contributed by atoms with E-state index in [9.17, 15) is 20.2 Å². The molecule has 0 aromatic heterocycles. The second kappa shape index (κ2) is 13.9. The molecule has 0 radical (unpaired) electrons. The minimum Gasteiger partial charge on any atom is -0.481 e. The molecule has 174 valence electrons. The molecule has 1 fully saturated rings. The summed E-state index contributed by atoms with van der Waals surface area (Å²) in [4.78, 5) is 10.6. The quantitative estimate of drug-likeness (QED) is 0.161. The average molecular weight is 498 g/mol. The third-order valence-electron chi connectivity index (χ3n) is 6.37. The summed E-state index contributed by atoms with van der Waals surface area (Å²) in [7, 11) is 0. The minimum atomic E-state index is -0.759. The van der Waals surface area contributed by atoms with Gasteiger partial charge in [0.05, 0.1) is 17.9 Å². The predicted molar refractivity (Wildman–Crippen MR) is 124 cm³/mol. The van der Waals surface area contributed by atoms with Gasteiger partial charge in [-0.3, -0.25) is 4.79 Å². The van der Waals surface area contributed by atoms with Crippen LogP contribution >= 0.6 is 15.9 Å². The predicted octanol–water partition coefficient (Wildman–Crippen LogP) is 5.17. The molecule has 1 aromatic carbocycles. The maximum atomic E-state index is 10.6. The fourth-order valence-electron chi connectivity index (χ4n) is 4.68. The van der Waals surface area contributed by atoms with Gasteiger partial charge in [-0.15, -0.1) is 0 Å². The number of rotatable bonds is 14. The Bertz CT molecular complexity index is 711. The van der Waals surface area contributed by atoms with E-state index in [2.05, 4.69) is 33.2 Å². The van der Waals surface area contributed by atoms with Crippen molar-refractivity contribution in [2.75, 3.05) is 0 Å². The van der Waals surface area contributed by atoms with E-state index in [0.29, 0.717) is 31.4 Å². The number of carboxylic acid groups (broad SMARTS) is 1. The molecule has 0 saturated heterocycles. The highest BCUT2D eigenvalue weighted by atomic mass is 79.9. The second-order valence-electron chi connectivity index (χ2n) is 8.73. The van der Waals surface area contributed by atoms with E-state index in [4.69, 9.17) is 5.11 Å². The number of oxime groups is 1. The second-order valence-corrected chi connectivity index (χ2v) is 9.65. The molecule has 6 nitrogen and oxygen atoms in total. The van der Waals surface area contributed by atoms with Gasteiger partial charge in [-0.2, -0.15) is 0 Å². The third-order valence-corrected chi connectivity index (χ3v) is 6.86. The largest absolute Gasteiger partial charge is 0.481 e. The Kier molecular flexibility index (Phi) is 11.5. The van der Waals surface area contributed by atoms with E-state index >= 15 is 0 Å². The van der Waals surface area contributed by atoms with Crippen LogP contribution in [0.4, 0.5) is 0 Å². The molecule has 7 heteroatoms. The van der Waals surface area contributed by atoms with Gasteiger partial charge in [-0.05, 0) is 68.6 Å². The van der Waals surface area contributed by atoms with E-state index < -0.39 is 18.2 Å². The first-order chi connectivity index (χ1) is 14.9. The first-order valence-corrected chi connectivity index (χ1v) is 12.2. The number of benzene rings is 1. The first kappa shape index (κ1) is 25.8. The lowest BCUT2D eigenvalue weighted by Gasteiger charge is -2.23. The molecule has 0 bridgehead atoms. The molecule has 4 N–H and O–H groups in total. The zero-order valence-electron chi connectivity index (χ0n) is 18.1. The summed E-state index contributed by atoms with van der Waals surface area (Å²) in [5, 5.41) is 42.4. The lowest BCUT2D eigenvalue weighted by atomic mass is 9.84. The van der Waals surface area contributed by atoms with Crippen LogP contribution in [-0.4, -0.2) is 44.4 Å².